The molecule has 2 aromatic rings. The van der Waals surface area contributed by atoms with E-state index in [1.54, 1.807) is 22.8 Å². The first-order chi connectivity index (χ1) is 9.61. The van der Waals surface area contributed by atoms with Crippen LogP contribution in [0, 0.1) is 0 Å². The minimum absolute atomic E-state index is 0.0122. The van der Waals surface area contributed by atoms with Crippen molar-refractivity contribution >= 4 is 28.9 Å². The lowest BCUT2D eigenvalue weighted by Gasteiger charge is -2.11. The molecule has 3 nitrogen and oxygen atoms in total. The van der Waals surface area contributed by atoms with E-state index in [1.807, 2.05) is 25.3 Å². The van der Waals surface area contributed by atoms with Gasteiger partial charge in [-0.3, -0.25) is 4.79 Å². The number of aryl methyl sites for hydroxylation is 1. The van der Waals surface area contributed by atoms with Crippen LogP contribution in [0.3, 0.4) is 0 Å². The van der Waals surface area contributed by atoms with E-state index in [2.05, 4.69) is 5.32 Å². The summed E-state index contributed by atoms with van der Waals surface area (Å²) in [6, 6.07) is 8.88. The van der Waals surface area contributed by atoms with Crippen LogP contribution in [0.2, 0.25) is 10.0 Å². The minimum Gasteiger partial charge on any atom is -0.380 e. The highest BCUT2D eigenvalue weighted by atomic mass is 35.5. The number of aromatic nitrogens is 1. The number of rotatable bonds is 5. The molecule has 0 bridgehead atoms. The van der Waals surface area contributed by atoms with Crippen LogP contribution < -0.4 is 10.9 Å². The Morgan fingerprint density at radius 2 is 2.00 bits per heavy atom. The van der Waals surface area contributed by atoms with Gasteiger partial charge in [0, 0.05) is 25.4 Å². The quantitative estimate of drug-likeness (QED) is 0.899. The lowest BCUT2D eigenvalue weighted by atomic mass is 10.2. The molecule has 0 saturated carbocycles. The highest BCUT2D eigenvalue weighted by Crippen LogP contribution is 2.26. The molecule has 0 atom stereocenters. The molecule has 0 aliphatic carbocycles. The van der Waals surface area contributed by atoms with E-state index in [9.17, 15) is 4.79 Å². The predicted octanol–water partition coefficient (Wildman–Crippen LogP) is 4.18. The standard InChI is InChI=1S/C15H16Cl2N2O/c1-2-8-19-10-12(6-7-14(19)20)18-9-11-4-3-5-13(16)15(11)17/h3-7,10,18H,2,8-9H2,1H3. The maximum absolute atomic E-state index is 11.6. The zero-order valence-electron chi connectivity index (χ0n) is 11.2. The summed E-state index contributed by atoms with van der Waals surface area (Å²) in [5.41, 5.74) is 1.82. The molecule has 0 aliphatic heterocycles. The Hall–Kier alpha value is -1.45. The summed E-state index contributed by atoms with van der Waals surface area (Å²) in [5, 5.41) is 4.35. The summed E-state index contributed by atoms with van der Waals surface area (Å²) >= 11 is 12.1. The summed E-state index contributed by atoms with van der Waals surface area (Å²) in [6.45, 7) is 3.31. The van der Waals surface area contributed by atoms with Gasteiger partial charge in [-0.1, -0.05) is 42.3 Å². The molecular weight excluding hydrogens is 295 g/mol. The maximum atomic E-state index is 11.6. The second kappa shape index (κ2) is 6.82. The lowest BCUT2D eigenvalue weighted by molar-refractivity contribution is 0.655. The van der Waals surface area contributed by atoms with Gasteiger partial charge >= 0.3 is 0 Å². The van der Waals surface area contributed by atoms with E-state index >= 15 is 0 Å². The molecule has 0 radical (unpaired) electrons. The largest absolute Gasteiger partial charge is 0.380 e. The van der Waals surface area contributed by atoms with E-state index in [0.717, 1.165) is 17.7 Å². The highest BCUT2D eigenvalue weighted by Gasteiger charge is 2.04. The molecule has 0 fully saturated rings. The Kier molecular flexibility index (Phi) is 5.10. The van der Waals surface area contributed by atoms with Gasteiger partial charge in [-0.25, -0.2) is 0 Å². The van der Waals surface area contributed by atoms with Crippen LogP contribution in [0.15, 0.2) is 41.3 Å². The van der Waals surface area contributed by atoms with Crippen LogP contribution >= 0.6 is 23.2 Å². The number of benzene rings is 1. The van der Waals surface area contributed by atoms with Crippen LogP contribution in [0.25, 0.3) is 0 Å². The van der Waals surface area contributed by atoms with Crippen LogP contribution in [0.4, 0.5) is 5.69 Å². The van der Waals surface area contributed by atoms with Crippen LogP contribution in [-0.4, -0.2) is 4.57 Å². The summed E-state index contributed by atoms with van der Waals surface area (Å²) in [6.07, 6.45) is 2.74. The molecule has 1 heterocycles. The Labute approximate surface area is 128 Å². The fourth-order valence-electron chi connectivity index (χ4n) is 1.93. The zero-order valence-corrected chi connectivity index (χ0v) is 12.7. The third-order valence-electron chi connectivity index (χ3n) is 2.96. The molecule has 0 unspecified atom stereocenters. The number of nitrogens with one attached hydrogen (secondary N) is 1. The number of hydrogen-bond donors (Lipinski definition) is 1. The lowest BCUT2D eigenvalue weighted by Crippen LogP contribution is -2.18. The van der Waals surface area contributed by atoms with E-state index in [0.29, 0.717) is 23.1 Å². The second-order valence-corrected chi connectivity index (χ2v) is 5.30. The normalized spacial score (nSPS) is 10.6. The van der Waals surface area contributed by atoms with Crippen LogP contribution in [0.1, 0.15) is 18.9 Å². The van der Waals surface area contributed by atoms with Gasteiger partial charge in [0.2, 0.25) is 0 Å². The van der Waals surface area contributed by atoms with Gasteiger partial charge in [0.05, 0.1) is 15.7 Å². The molecular formula is C15H16Cl2N2O. The Morgan fingerprint density at radius 3 is 2.75 bits per heavy atom. The van der Waals surface area contributed by atoms with E-state index < -0.39 is 0 Å². The molecule has 20 heavy (non-hydrogen) atoms. The predicted molar refractivity (Wildman–Crippen MR) is 84.8 cm³/mol. The van der Waals surface area contributed by atoms with E-state index in [-0.39, 0.29) is 5.56 Å². The van der Waals surface area contributed by atoms with Gasteiger partial charge in [0.15, 0.2) is 0 Å². The van der Waals surface area contributed by atoms with E-state index in [1.165, 1.54) is 0 Å². The zero-order chi connectivity index (χ0) is 14.5. The Balaban J connectivity index is 2.13. The van der Waals surface area contributed by atoms with Crippen LogP contribution in [-0.2, 0) is 13.1 Å². The van der Waals surface area contributed by atoms with Crippen molar-refractivity contribution in [3.05, 3.63) is 62.5 Å². The number of nitrogens with zero attached hydrogens (tertiary/aromatic N) is 1. The van der Waals surface area contributed by atoms with Crippen molar-refractivity contribution in [2.75, 3.05) is 5.32 Å². The third kappa shape index (κ3) is 3.56. The first kappa shape index (κ1) is 14.9. The van der Waals surface area contributed by atoms with Gasteiger partial charge in [-0.15, -0.1) is 0 Å². The Morgan fingerprint density at radius 1 is 1.20 bits per heavy atom. The van der Waals surface area contributed by atoms with Gasteiger partial charge in [0.25, 0.3) is 5.56 Å². The molecule has 0 saturated heterocycles. The van der Waals surface area contributed by atoms with Crippen molar-refractivity contribution in [1.29, 1.82) is 0 Å². The molecule has 0 aliphatic rings. The summed E-state index contributed by atoms with van der Waals surface area (Å²) in [4.78, 5) is 11.6. The summed E-state index contributed by atoms with van der Waals surface area (Å²) in [5.74, 6) is 0. The topological polar surface area (TPSA) is 34.0 Å². The first-order valence-electron chi connectivity index (χ1n) is 6.49. The average molecular weight is 311 g/mol. The fraction of sp³-hybridized carbons (Fsp3) is 0.267. The molecule has 1 N–H and O–H groups in total. The molecule has 0 amide bonds. The minimum atomic E-state index is 0.0122. The SMILES string of the molecule is CCCn1cc(NCc2cccc(Cl)c2Cl)ccc1=O. The highest BCUT2D eigenvalue weighted by molar-refractivity contribution is 6.42. The first-order valence-corrected chi connectivity index (χ1v) is 7.24. The van der Waals surface area contributed by atoms with Crippen molar-refractivity contribution in [2.24, 2.45) is 0 Å². The maximum Gasteiger partial charge on any atom is 0.250 e. The van der Waals surface area contributed by atoms with Crippen molar-refractivity contribution in [3.63, 3.8) is 0 Å². The molecule has 5 heteroatoms. The second-order valence-electron chi connectivity index (χ2n) is 4.52. The molecule has 2 rings (SSSR count). The smallest absolute Gasteiger partial charge is 0.250 e. The summed E-state index contributed by atoms with van der Waals surface area (Å²) in [7, 11) is 0. The molecule has 1 aromatic heterocycles. The van der Waals surface area contributed by atoms with Gasteiger partial charge in [0.1, 0.15) is 0 Å². The fourth-order valence-corrected chi connectivity index (χ4v) is 2.32. The summed E-state index contributed by atoms with van der Waals surface area (Å²) < 4.78 is 1.70. The van der Waals surface area contributed by atoms with Gasteiger partial charge in [-0.2, -0.15) is 0 Å². The molecule has 106 valence electrons. The van der Waals surface area contributed by atoms with Gasteiger partial charge < -0.3 is 9.88 Å². The molecule has 1 aromatic carbocycles. The average Bonchev–Trinajstić information content (AvgIpc) is 2.44. The van der Waals surface area contributed by atoms with Crippen LogP contribution in [0.5, 0.6) is 0 Å². The Bertz CT molecular complexity index is 653. The van der Waals surface area contributed by atoms with Crippen molar-refractivity contribution in [3.8, 4) is 0 Å². The number of pyridine rings is 1. The molecule has 0 spiro atoms. The number of anilines is 1. The van der Waals surface area contributed by atoms with E-state index in [4.69, 9.17) is 23.2 Å². The van der Waals surface area contributed by atoms with Crippen molar-refractivity contribution < 1.29 is 0 Å². The van der Waals surface area contributed by atoms with Gasteiger partial charge in [-0.05, 0) is 24.1 Å². The third-order valence-corrected chi connectivity index (χ3v) is 3.82. The van der Waals surface area contributed by atoms with Crippen molar-refractivity contribution in [2.45, 2.75) is 26.4 Å². The number of hydrogen-bond acceptors (Lipinski definition) is 2. The van der Waals surface area contributed by atoms with Crippen molar-refractivity contribution in [1.82, 2.24) is 4.57 Å². The monoisotopic (exact) mass is 310 g/mol. The number of halogens is 2.